The molecule has 0 amide bonds. The summed E-state index contributed by atoms with van der Waals surface area (Å²) in [6, 6.07) is 5.27. The molecule has 1 fully saturated rings. The lowest BCUT2D eigenvalue weighted by Crippen LogP contribution is -2.18. The molecular formula is C12H14N2O2S. The fraction of sp³-hybridized carbons (Fsp3) is 0.417. The van der Waals surface area contributed by atoms with Gasteiger partial charge in [0.1, 0.15) is 16.3 Å². The third-order valence-electron chi connectivity index (χ3n) is 3.20. The minimum atomic E-state index is -1.12. The van der Waals surface area contributed by atoms with Gasteiger partial charge in [0.2, 0.25) is 0 Å². The molecule has 1 aromatic heterocycles. The molecule has 0 radical (unpaired) electrons. The normalized spacial score (nSPS) is 18.1. The summed E-state index contributed by atoms with van der Waals surface area (Å²) in [6.07, 6.45) is 3.61. The number of anilines is 1. The predicted octanol–water partition coefficient (Wildman–Crippen LogP) is 2.32. The van der Waals surface area contributed by atoms with Crippen LogP contribution in [0.5, 0.6) is 0 Å². The van der Waals surface area contributed by atoms with Crippen LogP contribution in [0.2, 0.25) is 0 Å². The Kier molecular flexibility index (Phi) is 2.63. The third kappa shape index (κ3) is 2.07. The van der Waals surface area contributed by atoms with Gasteiger partial charge in [-0.3, -0.25) is 0 Å². The summed E-state index contributed by atoms with van der Waals surface area (Å²) < 4.78 is 17.5. The quantitative estimate of drug-likeness (QED) is 0.849. The Morgan fingerprint density at radius 2 is 2.29 bits per heavy atom. The molecule has 0 saturated heterocycles. The van der Waals surface area contributed by atoms with Gasteiger partial charge in [0, 0.05) is 17.5 Å². The first kappa shape index (κ1) is 10.8. The maximum absolute atomic E-state index is 12.0. The fourth-order valence-electron chi connectivity index (χ4n) is 1.96. The highest BCUT2D eigenvalue weighted by Gasteiger charge is 2.23. The van der Waals surface area contributed by atoms with Crippen molar-refractivity contribution in [1.29, 1.82) is 0 Å². The molecule has 0 spiro atoms. The Hall–Kier alpha value is -1.36. The second kappa shape index (κ2) is 4.14. The summed E-state index contributed by atoms with van der Waals surface area (Å²) in [4.78, 5) is 4.24. The lowest BCUT2D eigenvalue weighted by molar-refractivity contribution is 0.348. The summed E-state index contributed by atoms with van der Waals surface area (Å²) in [5.74, 6) is 1.25. The van der Waals surface area contributed by atoms with Crippen molar-refractivity contribution in [3.8, 4) is 0 Å². The van der Waals surface area contributed by atoms with Crippen LogP contribution < -0.4 is 5.73 Å². The number of fused-ring (bicyclic) bond motifs is 1. The van der Waals surface area contributed by atoms with E-state index >= 15 is 0 Å². The van der Waals surface area contributed by atoms with Crippen LogP contribution >= 0.6 is 0 Å². The van der Waals surface area contributed by atoms with Gasteiger partial charge in [-0.05, 0) is 30.9 Å². The zero-order valence-electron chi connectivity index (χ0n) is 9.39. The number of hydrogen-bond donors (Lipinski definition) is 1. The van der Waals surface area contributed by atoms with E-state index in [1.165, 1.54) is 19.3 Å². The van der Waals surface area contributed by atoms with E-state index in [9.17, 15) is 4.21 Å². The van der Waals surface area contributed by atoms with E-state index in [1.54, 1.807) is 18.2 Å². The fourth-order valence-corrected chi connectivity index (χ4v) is 3.25. The van der Waals surface area contributed by atoms with Crippen LogP contribution in [0.15, 0.2) is 27.8 Å². The van der Waals surface area contributed by atoms with E-state index in [0.29, 0.717) is 28.2 Å². The molecule has 2 N–H and O–H groups in total. The molecular weight excluding hydrogens is 236 g/mol. The Bertz CT molecular complexity index is 575. The summed E-state index contributed by atoms with van der Waals surface area (Å²) in [5.41, 5.74) is 7.62. The smallest absolute Gasteiger partial charge is 0.287 e. The van der Waals surface area contributed by atoms with Gasteiger partial charge in [0.15, 0.2) is 5.58 Å². The van der Waals surface area contributed by atoms with Crippen molar-refractivity contribution < 1.29 is 8.63 Å². The number of aromatic nitrogens is 1. The van der Waals surface area contributed by atoms with Crippen molar-refractivity contribution in [3.63, 3.8) is 0 Å². The predicted molar refractivity (Wildman–Crippen MR) is 67.0 cm³/mol. The summed E-state index contributed by atoms with van der Waals surface area (Å²) in [6.45, 7) is 0. The molecule has 3 rings (SSSR count). The van der Waals surface area contributed by atoms with Gasteiger partial charge in [-0.15, -0.1) is 0 Å². The number of rotatable bonds is 3. The Balaban J connectivity index is 1.86. The van der Waals surface area contributed by atoms with Crippen molar-refractivity contribution >= 4 is 27.6 Å². The van der Waals surface area contributed by atoms with Crippen LogP contribution in [-0.4, -0.2) is 14.9 Å². The topological polar surface area (TPSA) is 69.1 Å². The first-order chi connectivity index (χ1) is 8.22. The van der Waals surface area contributed by atoms with Crippen molar-refractivity contribution in [2.45, 2.75) is 24.5 Å². The highest BCUT2D eigenvalue weighted by Crippen LogP contribution is 2.29. The molecule has 1 heterocycles. The monoisotopic (exact) mass is 250 g/mol. The standard InChI is InChI=1S/C12H14N2O2S/c13-9-4-5-10-11(6-9)16-12(14-10)17(15)7-8-2-1-3-8/h4-6,8H,1-3,7,13H2. The largest absolute Gasteiger partial charge is 0.430 e. The number of oxazole rings is 1. The zero-order valence-corrected chi connectivity index (χ0v) is 10.2. The van der Waals surface area contributed by atoms with Gasteiger partial charge < -0.3 is 10.2 Å². The highest BCUT2D eigenvalue weighted by molar-refractivity contribution is 7.84. The summed E-state index contributed by atoms with van der Waals surface area (Å²) in [5, 5.41) is 0.331. The second-order valence-electron chi connectivity index (χ2n) is 4.52. The SMILES string of the molecule is Nc1ccc2nc(S(=O)CC3CCC3)oc2c1. The molecule has 1 aliphatic rings. The van der Waals surface area contributed by atoms with Crippen molar-refractivity contribution in [3.05, 3.63) is 18.2 Å². The van der Waals surface area contributed by atoms with Gasteiger partial charge in [-0.2, -0.15) is 0 Å². The van der Waals surface area contributed by atoms with Crippen LogP contribution in [0.3, 0.4) is 0 Å². The molecule has 1 aromatic carbocycles. The number of nitrogen functional groups attached to an aromatic ring is 1. The average molecular weight is 250 g/mol. The van der Waals surface area contributed by atoms with Crippen LogP contribution in [0.4, 0.5) is 5.69 Å². The van der Waals surface area contributed by atoms with E-state index in [2.05, 4.69) is 4.98 Å². The lowest BCUT2D eigenvalue weighted by Gasteiger charge is -2.23. The van der Waals surface area contributed by atoms with Gasteiger partial charge in [0.25, 0.3) is 5.22 Å². The maximum atomic E-state index is 12.0. The third-order valence-corrected chi connectivity index (χ3v) is 4.54. The van der Waals surface area contributed by atoms with E-state index in [0.717, 1.165) is 5.52 Å². The molecule has 1 unspecified atom stereocenters. The van der Waals surface area contributed by atoms with Gasteiger partial charge in [-0.1, -0.05) is 6.42 Å². The van der Waals surface area contributed by atoms with Crippen molar-refractivity contribution in [1.82, 2.24) is 4.98 Å². The van der Waals surface area contributed by atoms with E-state index in [4.69, 9.17) is 10.2 Å². The molecule has 2 aromatic rings. The number of nitrogens with zero attached hydrogens (tertiary/aromatic N) is 1. The first-order valence-electron chi connectivity index (χ1n) is 5.77. The van der Waals surface area contributed by atoms with Gasteiger partial charge in [0.05, 0.1) is 0 Å². The number of nitrogens with two attached hydrogens (primary N) is 1. The molecule has 90 valence electrons. The van der Waals surface area contributed by atoms with E-state index in [1.807, 2.05) is 0 Å². The van der Waals surface area contributed by atoms with E-state index in [-0.39, 0.29) is 0 Å². The maximum Gasteiger partial charge on any atom is 0.287 e. The van der Waals surface area contributed by atoms with Crippen molar-refractivity contribution in [2.75, 3.05) is 11.5 Å². The number of benzene rings is 1. The molecule has 4 nitrogen and oxygen atoms in total. The summed E-state index contributed by atoms with van der Waals surface area (Å²) >= 11 is 0. The average Bonchev–Trinajstić information content (AvgIpc) is 2.65. The van der Waals surface area contributed by atoms with Crippen LogP contribution in [0, 0.1) is 5.92 Å². The van der Waals surface area contributed by atoms with Gasteiger partial charge >= 0.3 is 0 Å². The first-order valence-corrected chi connectivity index (χ1v) is 7.09. The van der Waals surface area contributed by atoms with Crippen LogP contribution in [-0.2, 0) is 10.8 Å². The minimum Gasteiger partial charge on any atom is -0.430 e. The summed E-state index contributed by atoms with van der Waals surface area (Å²) in [7, 11) is -1.12. The Morgan fingerprint density at radius 3 is 3.00 bits per heavy atom. The molecule has 0 aliphatic heterocycles. The molecule has 1 saturated carbocycles. The Labute approximate surface area is 102 Å². The highest BCUT2D eigenvalue weighted by atomic mass is 32.2. The molecule has 1 atom stereocenters. The number of hydrogen-bond acceptors (Lipinski definition) is 4. The Morgan fingerprint density at radius 1 is 1.47 bits per heavy atom. The zero-order chi connectivity index (χ0) is 11.8. The molecule has 17 heavy (non-hydrogen) atoms. The van der Waals surface area contributed by atoms with Gasteiger partial charge in [-0.25, -0.2) is 9.19 Å². The van der Waals surface area contributed by atoms with Crippen LogP contribution in [0.1, 0.15) is 19.3 Å². The van der Waals surface area contributed by atoms with Crippen LogP contribution in [0.25, 0.3) is 11.1 Å². The molecule has 1 aliphatic carbocycles. The molecule has 0 bridgehead atoms. The van der Waals surface area contributed by atoms with Crippen molar-refractivity contribution in [2.24, 2.45) is 5.92 Å². The molecule has 5 heteroatoms. The lowest BCUT2D eigenvalue weighted by atomic mass is 9.87. The minimum absolute atomic E-state index is 0.331. The second-order valence-corrected chi connectivity index (χ2v) is 5.89. The van der Waals surface area contributed by atoms with E-state index < -0.39 is 10.8 Å².